The lowest BCUT2D eigenvalue weighted by Crippen LogP contribution is -2.26. The molecule has 0 fully saturated rings. The average molecular weight is 366 g/mol. The van der Waals surface area contributed by atoms with Crippen molar-refractivity contribution < 1.29 is 9.72 Å². The highest BCUT2D eigenvalue weighted by atomic mass is 32.2. The summed E-state index contributed by atoms with van der Waals surface area (Å²) < 4.78 is 0. The van der Waals surface area contributed by atoms with E-state index < -0.39 is 4.92 Å². The zero-order valence-corrected chi connectivity index (χ0v) is 14.6. The molecule has 2 heterocycles. The fourth-order valence-electron chi connectivity index (χ4n) is 2.19. The van der Waals surface area contributed by atoms with Crippen molar-refractivity contribution in [3.8, 4) is 0 Å². The predicted molar refractivity (Wildman–Crippen MR) is 98.4 cm³/mol. The van der Waals surface area contributed by atoms with Crippen LogP contribution in [0.1, 0.15) is 10.4 Å². The number of non-ortho nitro benzene ring substituents is 1. The van der Waals surface area contributed by atoms with E-state index in [-0.39, 0.29) is 11.6 Å². The molecule has 0 saturated heterocycles. The number of benzene rings is 1. The van der Waals surface area contributed by atoms with Gasteiger partial charge >= 0.3 is 0 Å². The molecular weight excluding hydrogens is 352 g/mol. The summed E-state index contributed by atoms with van der Waals surface area (Å²) in [6.07, 6.45) is 4.78. The van der Waals surface area contributed by atoms with Crippen molar-refractivity contribution in [2.24, 2.45) is 0 Å². The molecule has 0 unspecified atom stereocenters. The number of carbonyl (C=O) groups is 1. The summed E-state index contributed by atoms with van der Waals surface area (Å²) in [5.41, 5.74) is 1.20. The van der Waals surface area contributed by atoms with Crippen molar-refractivity contribution in [1.29, 1.82) is 0 Å². The Morgan fingerprint density at radius 2 is 1.88 bits per heavy atom. The van der Waals surface area contributed by atoms with Gasteiger partial charge in [0.1, 0.15) is 5.03 Å². The van der Waals surface area contributed by atoms with Gasteiger partial charge in [-0.1, -0.05) is 11.8 Å². The van der Waals surface area contributed by atoms with Crippen molar-refractivity contribution in [1.82, 2.24) is 9.97 Å². The Morgan fingerprint density at radius 1 is 1.12 bits per heavy atom. The number of nitrogens with zero attached hydrogens (tertiary/aromatic N) is 4. The molecule has 0 aliphatic rings. The van der Waals surface area contributed by atoms with Crippen LogP contribution >= 0.6 is 11.8 Å². The summed E-state index contributed by atoms with van der Waals surface area (Å²) in [6, 6.07) is 13.2. The number of carbonyl (C=O) groups excluding carboxylic acids is 1. The summed E-state index contributed by atoms with van der Waals surface area (Å²) in [6.45, 7) is 0. The molecule has 0 spiro atoms. The zero-order valence-electron chi connectivity index (χ0n) is 13.8. The molecule has 1 aromatic carbocycles. The van der Waals surface area contributed by atoms with Gasteiger partial charge in [0.05, 0.1) is 22.4 Å². The van der Waals surface area contributed by atoms with Crippen LogP contribution in [-0.2, 0) is 0 Å². The number of nitro benzene ring substituents is 1. The number of aromatic nitrogens is 2. The van der Waals surface area contributed by atoms with E-state index in [1.165, 1.54) is 35.0 Å². The largest absolute Gasteiger partial charge is 0.310 e. The molecule has 0 bridgehead atoms. The second kappa shape index (κ2) is 7.75. The summed E-state index contributed by atoms with van der Waals surface area (Å²) in [5.74, 6) is -0.183. The monoisotopic (exact) mass is 366 g/mol. The second-order valence-corrected chi connectivity index (χ2v) is 6.41. The molecule has 0 N–H and O–H groups in total. The lowest BCUT2D eigenvalue weighted by Gasteiger charge is -2.16. The molecular formula is C18H14N4O3S. The van der Waals surface area contributed by atoms with Gasteiger partial charge in [-0.25, -0.2) is 4.98 Å². The Kier molecular flexibility index (Phi) is 5.23. The SMILES string of the molecule is CN(C(=O)c1ccc(Sc2ccc([N+](=O)[O-])cc2)nc1)c1cccnc1. The number of nitro groups is 1. The smallest absolute Gasteiger partial charge is 0.269 e. The zero-order chi connectivity index (χ0) is 18.5. The van der Waals surface area contributed by atoms with Crippen LogP contribution in [0.2, 0.25) is 0 Å². The fraction of sp³-hybridized carbons (Fsp3) is 0.0556. The van der Waals surface area contributed by atoms with Gasteiger partial charge in [0.25, 0.3) is 11.6 Å². The molecule has 2 aromatic heterocycles. The molecule has 0 aliphatic heterocycles. The van der Waals surface area contributed by atoms with E-state index >= 15 is 0 Å². The summed E-state index contributed by atoms with van der Waals surface area (Å²) in [4.78, 5) is 33.4. The van der Waals surface area contributed by atoms with E-state index in [9.17, 15) is 14.9 Å². The molecule has 3 aromatic rings. The number of pyridine rings is 2. The number of hydrogen-bond donors (Lipinski definition) is 0. The highest BCUT2D eigenvalue weighted by Crippen LogP contribution is 2.27. The number of rotatable bonds is 5. The summed E-state index contributed by atoms with van der Waals surface area (Å²) >= 11 is 1.36. The van der Waals surface area contributed by atoms with Crippen LogP contribution < -0.4 is 4.90 Å². The van der Waals surface area contributed by atoms with Gasteiger partial charge in [0.15, 0.2) is 0 Å². The Bertz CT molecular complexity index is 915. The second-order valence-electron chi connectivity index (χ2n) is 5.31. The van der Waals surface area contributed by atoms with Crippen LogP contribution in [0.3, 0.4) is 0 Å². The van der Waals surface area contributed by atoms with E-state index in [1.807, 2.05) is 0 Å². The Hall–Kier alpha value is -3.26. The maximum absolute atomic E-state index is 12.5. The molecule has 0 radical (unpaired) electrons. The van der Waals surface area contributed by atoms with Gasteiger partial charge in [0.2, 0.25) is 0 Å². The Labute approximate surface area is 153 Å². The fourth-order valence-corrected chi connectivity index (χ4v) is 2.94. The normalized spacial score (nSPS) is 10.3. The van der Waals surface area contributed by atoms with Crippen molar-refractivity contribution in [2.75, 3.05) is 11.9 Å². The van der Waals surface area contributed by atoms with Crippen LogP contribution in [-0.4, -0.2) is 27.8 Å². The van der Waals surface area contributed by atoms with Crippen LogP contribution in [0.25, 0.3) is 0 Å². The summed E-state index contributed by atoms with van der Waals surface area (Å²) in [5, 5.41) is 11.4. The van der Waals surface area contributed by atoms with Crippen molar-refractivity contribution in [3.05, 3.63) is 82.8 Å². The predicted octanol–water partition coefficient (Wildman–Crippen LogP) is 3.81. The van der Waals surface area contributed by atoms with Crippen molar-refractivity contribution >= 4 is 29.0 Å². The maximum atomic E-state index is 12.5. The number of amides is 1. The highest BCUT2D eigenvalue weighted by Gasteiger charge is 2.14. The first-order valence-corrected chi connectivity index (χ1v) is 8.42. The van der Waals surface area contributed by atoms with Crippen LogP contribution in [0.5, 0.6) is 0 Å². The van der Waals surface area contributed by atoms with Crippen LogP contribution in [0.15, 0.2) is 77.0 Å². The van der Waals surface area contributed by atoms with Gasteiger partial charge in [-0.15, -0.1) is 0 Å². The van der Waals surface area contributed by atoms with Crippen molar-refractivity contribution in [3.63, 3.8) is 0 Å². The molecule has 3 rings (SSSR count). The lowest BCUT2D eigenvalue weighted by atomic mass is 10.2. The van der Waals surface area contributed by atoms with Gasteiger partial charge in [-0.2, -0.15) is 0 Å². The van der Waals surface area contributed by atoms with Gasteiger partial charge < -0.3 is 4.90 Å². The molecule has 1 amide bonds. The standard InChI is InChI=1S/C18H14N4O3S/c1-21(15-3-2-10-19-12-15)18(23)13-4-9-17(20-11-13)26-16-7-5-14(6-8-16)22(24)25/h2-12H,1H3. The van der Waals surface area contributed by atoms with Gasteiger partial charge in [-0.05, 0) is 36.4 Å². The summed E-state index contributed by atoms with van der Waals surface area (Å²) in [7, 11) is 1.68. The molecule has 0 atom stereocenters. The first-order chi connectivity index (χ1) is 12.5. The minimum absolute atomic E-state index is 0.0432. The van der Waals surface area contributed by atoms with Crippen LogP contribution in [0, 0.1) is 10.1 Å². The number of anilines is 1. The number of hydrogen-bond acceptors (Lipinski definition) is 6. The molecule has 26 heavy (non-hydrogen) atoms. The topological polar surface area (TPSA) is 89.2 Å². The first-order valence-electron chi connectivity index (χ1n) is 7.61. The van der Waals surface area contributed by atoms with Gasteiger partial charge in [0, 0.05) is 36.5 Å². The van der Waals surface area contributed by atoms with Gasteiger partial charge in [-0.3, -0.25) is 19.9 Å². The minimum Gasteiger partial charge on any atom is -0.310 e. The first kappa shape index (κ1) is 17.6. The molecule has 130 valence electrons. The quantitative estimate of drug-likeness (QED) is 0.504. The Morgan fingerprint density at radius 3 is 2.46 bits per heavy atom. The molecule has 7 nitrogen and oxygen atoms in total. The van der Waals surface area contributed by atoms with E-state index in [2.05, 4.69) is 9.97 Å². The highest BCUT2D eigenvalue weighted by molar-refractivity contribution is 7.99. The van der Waals surface area contributed by atoms with Crippen molar-refractivity contribution in [2.45, 2.75) is 9.92 Å². The average Bonchev–Trinajstić information content (AvgIpc) is 2.68. The third-order valence-electron chi connectivity index (χ3n) is 3.59. The van der Waals surface area contributed by atoms with E-state index in [1.54, 1.807) is 55.8 Å². The maximum Gasteiger partial charge on any atom is 0.269 e. The molecule has 0 saturated carbocycles. The van der Waals surface area contributed by atoms with Crippen LogP contribution in [0.4, 0.5) is 11.4 Å². The van der Waals surface area contributed by atoms with E-state index in [0.717, 1.165) is 4.90 Å². The minimum atomic E-state index is -0.439. The molecule has 0 aliphatic carbocycles. The third kappa shape index (κ3) is 4.04. The molecule has 8 heteroatoms. The third-order valence-corrected chi connectivity index (χ3v) is 4.55. The Balaban J connectivity index is 1.70. The van der Waals surface area contributed by atoms with E-state index in [4.69, 9.17) is 0 Å². The van der Waals surface area contributed by atoms with E-state index in [0.29, 0.717) is 16.3 Å². The lowest BCUT2D eigenvalue weighted by molar-refractivity contribution is -0.384.